The quantitative estimate of drug-likeness (QED) is 0.528. The second-order valence-electron chi connectivity index (χ2n) is 4.03. The van der Waals surface area contributed by atoms with Gasteiger partial charge in [0.05, 0.1) is 13.4 Å². The third-order valence-corrected chi connectivity index (χ3v) is 4.04. The van der Waals surface area contributed by atoms with Gasteiger partial charge in [0, 0.05) is 21.9 Å². The van der Waals surface area contributed by atoms with Crippen molar-refractivity contribution in [3.63, 3.8) is 0 Å². The Morgan fingerprint density at radius 2 is 2.21 bits per heavy atom. The predicted octanol–water partition coefficient (Wildman–Crippen LogP) is 3.25. The lowest BCUT2D eigenvalue weighted by molar-refractivity contribution is 0.0564. The van der Waals surface area contributed by atoms with Crippen LogP contribution in [0.4, 0.5) is 5.69 Å². The molecule has 0 bridgehead atoms. The lowest BCUT2D eigenvalue weighted by atomic mass is 10.2. The number of esters is 1. The number of ether oxygens (including phenoxy) is 1. The minimum atomic E-state index is -0.454. The van der Waals surface area contributed by atoms with Crippen LogP contribution in [0.2, 0.25) is 0 Å². The van der Waals surface area contributed by atoms with E-state index < -0.39 is 5.97 Å². The maximum absolute atomic E-state index is 11.5. The Morgan fingerprint density at radius 3 is 2.95 bits per heavy atom. The van der Waals surface area contributed by atoms with Crippen LogP contribution >= 0.6 is 11.8 Å². The molecule has 0 unspecified atom stereocenters. The van der Waals surface area contributed by atoms with Gasteiger partial charge in [0.15, 0.2) is 0 Å². The number of thioether (sulfide) groups is 1. The van der Waals surface area contributed by atoms with E-state index in [1.54, 1.807) is 17.8 Å². The molecular weight excluding hydrogens is 262 g/mol. The van der Waals surface area contributed by atoms with Crippen molar-refractivity contribution >= 4 is 23.4 Å². The molecule has 1 heterocycles. The Labute approximate surface area is 115 Å². The first kappa shape index (κ1) is 13.5. The van der Waals surface area contributed by atoms with E-state index in [0.29, 0.717) is 5.75 Å². The number of nitrogen functional groups attached to an aromatic ring is 1. The van der Waals surface area contributed by atoms with Gasteiger partial charge in [-0.3, -0.25) is 0 Å². The average molecular weight is 277 g/mol. The third-order valence-electron chi connectivity index (χ3n) is 2.83. The van der Waals surface area contributed by atoms with E-state index in [4.69, 9.17) is 10.2 Å². The van der Waals surface area contributed by atoms with Crippen LogP contribution in [-0.2, 0) is 10.5 Å². The number of carbonyl (C=O) groups is 1. The zero-order chi connectivity index (χ0) is 13.8. The molecule has 2 rings (SSSR count). The van der Waals surface area contributed by atoms with E-state index >= 15 is 0 Å². The molecule has 2 aromatic rings. The van der Waals surface area contributed by atoms with Crippen LogP contribution in [0.3, 0.4) is 0 Å². The van der Waals surface area contributed by atoms with E-state index in [1.807, 2.05) is 25.1 Å². The van der Waals surface area contributed by atoms with Crippen LogP contribution in [0.5, 0.6) is 0 Å². The molecule has 0 spiro atoms. The Kier molecular flexibility index (Phi) is 4.16. The van der Waals surface area contributed by atoms with E-state index in [9.17, 15) is 4.79 Å². The summed E-state index contributed by atoms with van der Waals surface area (Å²) in [5, 5.41) is 0. The molecule has 1 aromatic heterocycles. The fraction of sp³-hybridized carbons (Fsp3) is 0.214. The van der Waals surface area contributed by atoms with Crippen LogP contribution in [0.1, 0.15) is 21.7 Å². The number of nitrogens with two attached hydrogens (primary N) is 1. The summed E-state index contributed by atoms with van der Waals surface area (Å²) < 4.78 is 9.82. The van der Waals surface area contributed by atoms with Gasteiger partial charge in [0.25, 0.3) is 0 Å². The molecular formula is C14H15NO3S. The molecule has 0 atom stereocenters. The van der Waals surface area contributed by atoms with Crippen molar-refractivity contribution in [2.24, 2.45) is 0 Å². The first-order chi connectivity index (χ1) is 9.13. The van der Waals surface area contributed by atoms with E-state index in [0.717, 1.165) is 21.7 Å². The first-order valence-electron chi connectivity index (χ1n) is 5.76. The van der Waals surface area contributed by atoms with Crippen molar-refractivity contribution in [2.45, 2.75) is 17.6 Å². The maximum atomic E-state index is 11.5. The lowest BCUT2D eigenvalue weighted by Crippen LogP contribution is -2.02. The van der Waals surface area contributed by atoms with Gasteiger partial charge in [0.1, 0.15) is 0 Å². The zero-order valence-corrected chi connectivity index (χ0v) is 11.6. The van der Waals surface area contributed by atoms with Crippen LogP contribution in [0, 0.1) is 6.92 Å². The van der Waals surface area contributed by atoms with Crippen molar-refractivity contribution in [1.29, 1.82) is 0 Å². The van der Waals surface area contributed by atoms with Crippen molar-refractivity contribution in [3.05, 3.63) is 47.4 Å². The summed E-state index contributed by atoms with van der Waals surface area (Å²) in [5.41, 5.74) is 8.50. The highest BCUT2D eigenvalue weighted by Crippen LogP contribution is 2.30. The summed E-state index contributed by atoms with van der Waals surface area (Å²) >= 11 is 1.61. The zero-order valence-electron chi connectivity index (χ0n) is 10.8. The predicted molar refractivity (Wildman–Crippen MR) is 75.2 cm³/mol. The van der Waals surface area contributed by atoms with Crippen LogP contribution < -0.4 is 5.73 Å². The summed E-state index contributed by atoms with van der Waals surface area (Å²) in [5.74, 6) is 0.437. The van der Waals surface area contributed by atoms with E-state index in [1.165, 1.54) is 13.4 Å². The number of furan rings is 1. The lowest BCUT2D eigenvalue weighted by Gasteiger charge is -2.07. The van der Waals surface area contributed by atoms with Gasteiger partial charge in [0.2, 0.25) is 5.76 Å². The second kappa shape index (κ2) is 5.84. The molecule has 2 N–H and O–H groups in total. The molecule has 0 saturated heterocycles. The van der Waals surface area contributed by atoms with Crippen LogP contribution in [-0.4, -0.2) is 13.1 Å². The number of rotatable bonds is 4. The van der Waals surface area contributed by atoms with Crippen molar-refractivity contribution < 1.29 is 13.9 Å². The number of methoxy groups -OCH3 is 1. The number of benzene rings is 1. The number of carbonyl (C=O) groups excluding carboxylic acids is 1. The minimum Gasteiger partial charge on any atom is -0.463 e. The van der Waals surface area contributed by atoms with Gasteiger partial charge < -0.3 is 14.9 Å². The molecule has 0 amide bonds. The maximum Gasteiger partial charge on any atom is 0.374 e. The molecule has 100 valence electrons. The summed E-state index contributed by atoms with van der Waals surface area (Å²) in [6.07, 6.45) is 1.49. The van der Waals surface area contributed by atoms with Gasteiger partial charge in [-0.15, -0.1) is 11.8 Å². The molecule has 5 heteroatoms. The largest absolute Gasteiger partial charge is 0.463 e. The van der Waals surface area contributed by atoms with Crippen molar-refractivity contribution in [1.82, 2.24) is 0 Å². The van der Waals surface area contributed by atoms with E-state index in [-0.39, 0.29) is 5.76 Å². The Bertz CT molecular complexity index is 592. The van der Waals surface area contributed by atoms with Crippen LogP contribution in [0.25, 0.3) is 0 Å². The van der Waals surface area contributed by atoms with E-state index in [2.05, 4.69) is 4.74 Å². The summed E-state index contributed by atoms with van der Waals surface area (Å²) in [6, 6.07) is 7.58. The summed E-state index contributed by atoms with van der Waals surface area (Å²) in [4.78, 5) is 12.6. The number of hydrogen-bond acceptors (Lipinski definition) is 5. The number of hydrogen-bond donors (Lipinski definition) is 1. The molecule has 0 radical (unpaired) electrons. The average Bonchev–Trinajstić information content (AvgIpc) is 2.88. The topological polar surface area (TPSA) is 65.5 Å². The standard InChI is InChI=1S/C14H15NO3S/c1-9-11(15)4-3-5-12(9)19-8-10-6-7-18-13(10)14(16)17-2/h3-7H,8,15H2,1-2H3. The Morgan fingerprint density at radius 1 is 1.42 bits per heavy atom. The van der Waals surface area contributed by atoms with Gasteiger partial charge in [-0.2, -0.15) is 0 Å². The fourth-order valence-corrected chi connectivity index (χ4v) is 2.71. The third kappa shape index (κ3) is 2.93. The molecule has 19 heavy (non-hydrogen) atoms. The van der Waals surface area contributed by atoms with Gasteiger partial charge in [-0.25, -0.2) is 4.79 Å². The van der Waals surface area contributed by atoms with Crippen molar-refractivity contribution in [3.8, 4) is 0 Å². The van der Waals surface area contributed by atoms with Crippen LogP contribution in [0.15, 0.2) is 39.8 Å². The highest BCUT2D eigenvalue weighted by Gasteiger charge is 2.16. The summed E-state index contributed by atoms with van der Waals surface area (Å²) in [7, 11) is 1.34. The Hall–Kier alpha value is -1.88. The minimum absolute atomic E-state index is 0.261. The molecule has 1 aromatic carbocycles. The molecule has 0 aliphatic rings. The van der Waals surface area contributed by atoms with Gasteiger partial charge >= 0.3 is 5.97 Å². The van der Waals surface area contributed by atoms with Gasteiger partial charge in [-0.05, 0) is 30.7 Å². The normalized spacial score (nSPS) is 10.4. The van der Waals surface area contributed by atoms with Crippen molar-refractivity contribution in [2.75, 3.05) is 12.8 Å². The fourth-order valence-electron chi connectivity index (χ4n) is 1.66. The summed E-state index contributed by atoms with van der Waals surface area (Å²) in [6.45, 7) is 1.98. The Balaban J connectivity index is 2.13. The molecule has 0 saturated carbocycles. The molecule has 0 aliphatic heterocycles. The second-order valence-corrected chi connectivity index (χ2v) is 5.04. The van der Waals surface area contributed by atoms with Gasteiger partial charge in [-0.1, -0.05) is 6.07 Å². The number of anilines is 1. The molecule has 0 fully saturated rings. The molecule has 0 aliphatic carbocycles. The smallest absolute Gasteiger partial charge is 0.374 e. The first-order valence-corrected chi connectivity index (χ1v) is 6.74. The monoisotopic (exact) mass is 277 g/mol. The highest BCUT2D eigenvalue weighted by atomic mass is 32.2. The molecule has 4 nitrogen and oxygen atoms in total. The SMILES string of the molecule is COC(=O)c1occc1CSc1cccc(N)c1C. The highest BCUT2D eigenvalue weighted by molar-refractivity contribution is 7.98.